The second-order valence-electron chi connectivity index (χ2n) is 5.41. The molecule has 1 fully saturated rings. The number of carbonyl (C=O) groups excluding carboxylic acids is 1. The van der Waals surface area contributed by atoms with Crippen molar-refractivity contribution in [1.29, 1.82) is 0 Å². The Bertz CT molecular complexity index is 522. The third kappa shape index (κ3) is 4.98. The summed E-state index contributed by atoms with van der Waals surface area (Å²) in [5, 5.41) is 1.03. The van der Waals surface area contributed by atoms with Crippen LogP contribution in [0.25, 0.3) is 0 Å². The average Bonchev–Trinajstić information content (AvgIpc) is 2.83. The molecule has 0 saturated carbocycles. The fourth-order valence-electron chi connectivity index (χ4n) is 2.58. The molecule has 0 radical (unpaired) electrons. The van der Waals surface area contributed by atoms with Gasteiger partial charge < -0.3 is 0 Å². The highest BCUT2D eigenvalue weighted by atomic mass is 79.9. The first-order chi connectivity index (χ1) is 10.4. The first-order valence-electron chi connectivity index (χ1n) is 7.23. The third-order valence-electron chi connectivity index (χ3n) is 3.68. The van der Waals surface area contributed by atoms with E-state index < -0.39 is 12.2 Å². The van der Waals surface area contributed by atoms with Gasteiger partial charge in [-0.2, -0.15) is 13.2 Å². The van der Waals surface area contributed by atoms with Gasteiger partial charge in [-0.1, -0.05) is 34.5 Å². The molecular weight excluding hydrogens is 361 g/mol. The van der Waals surface area contributed by atoms with Gasteiger partial charge in [0.1, 0.15) is 6.04 Å². The normalized spacial score (nSPS) is 17.5. The zero-order valence-corrected chi connectivity index (χ0v) is 13.6. The number of hydrogen-bond acceptors (Lipinski definition) is 2. The van der Waals surface area contributed by atoms with Crippen molar-refractivity contribution in [3.63, 3.8) is 0 Å². The SMILES string of the molecule is O=C1CCN([C@@H](CCCCc2cccc(Br)c2)C(F)(F)F)N1. The summed E-state index contributed by atoms with van der Waals surface area (Å²) in [7, 11) is 0. The van der Waals surface area contributed by atoms with Crippen LogP contribution in [0.2, 0.25) is 0 Å². The van der Waals surface area contributed by atoms with E-state index >= 15 is 0 Å². The van der Waals surface area contributed by atoms with E-state index in [4.69, 9.17) is 0 Å². The second kappa shape index (κ2) is 7.46. The summed E-state index contributed by atoms with van der Waals surface area (Å²) in [6.45, 7) is 0.120. The van der Waals surface area contributed by atoms with Crippen molar-refractivity contribution >= 4 is 21.8 Å². The highest BCUT2D eigenvalue weighted by Crippen LogP contribution is 2.29. The number of amides is 1. The number of benzene rings is 1. The molecule has 0 spiro atoms. The van der Waals surface area contributed by atoms with Gasteiger partial charge >= 0.3 is 6.18 Å². The smallest absolute Gasteiger partial charge is 0.288 e. The molecule has 1 aromatic carbocycles. The summed E-state index contributed by atoms with van der Waals surface area (Å²) in [5.74, 6) is -0.344. The Balaban J connectivity index is 1.83. The van der Waals surface area contributed by atoms with Gasteiger partial charge in [0.05, 0.1) is 0 Å². The minimum atomic E-state index is -4.33. The number of nitrogens with zero attached hydrogens (tertiary/aromatic N) is 1. The number of hydrazine groups is 1. The van der Waals surface area contributed by atoms with E-state index in [1.165, 1.54) is 0 Å². The number of alkyl halides is 3. The molecule has 22 heavy (non-hydrogen) atoms. The summed E-state index contributed by atoms with van der Waals surface area (Å²) in [4.78, 5) is 11.1. The Kier molecular flexibility index (Phi) is 5.86. The van der Waals surface area contributed by atoms with E-state index in [0.717, 1.165) is 21.5 Å². The van der Waals surface area contributed by atoms with Crippen molar-refractivity contribution in [3.8, 4) is 0 Å². The fraction of sp³-hybridized carbons (Fsp3) is 0.533. The summed E-state index contributed by atoms with van der Waals surface area (Å²) < 4.78 is 40.3. The molecular formula is C15H18BrF3N2O. The van der Waals surface area contributed by atoms with Crippen molar-refractivity contribution in [3.05, 3.63) is 34.3 Å². The predicted octanol–water partition coefficient (Wildman–Crippen LogP) is 3.83. The number of unbranched alkanes of at least 4 members (excludes halogenated alkanes) is 1. The van der Waals surface area contributed by atoms with Crippen LogP contribution < -0.4 is 5.43 Å². The monoisotopic (exact) mass is 378 g/mol. The molecule has 2 rings (SSSR count). The van der Waals surface area contributed by atoms with Crippen molar-refractivity contribution in [2.24, 2.45) is 0 Å². The molecule has 1 aromatic rings. The van der Waals surface area contributed by atoms with Gasteiger partial charge in [-0.3, -0.25) is 10.2 Å². The molecule has 0 bridgehead atoms. The van der Waals surface area contributed by atoms with Gasteiger partial charge in [0.2, 0.25) is 5.91 Å². The Hall–Kier alpha value is -1.08. The lowest BCUT2D eigenvalue weighted by Gasteiger charge is -2.28. The van der Waals surface area contributed by atoms with E-state index in [1.807, 2.05) is 24.3 Å². The molecule has 3 nitrogen and oxygen atoms in total. The number of halogens is 4. The maximum absolute atomic E-state index is 13.1. The van der Waals surface area contributed by atoms with E-state index in [9.17, 15) is 18.0 Å². The van der Waals surface area contributed by atoms with Gasteiger partial charge in [0.25, 0.3) is 0 Å². The standard InChI is InChI=1S/C15H18BrF3N2O/c16-12-6-3-5-11(10-12)4-1-2-7-13(15(17,18)19)21-9-8-14(22)20-21/h3,5-6,10,13H,1-2,4,7-9H2,(H,20,22)/t13-/m0/s1. The molecule has 1 saturated heterocycles. The first kappa shape index (κ1) is 17.3. The van der Waals surface area contributed by atoms with Crippen LogP contribution in [0.5, 0.6) is 0 Å². The van der Waals surface area contributed by atoms with Gasteiger partial charge in [-0.25, -0.2) is 5.01 Å². The summed E-state index contributed by atoms with van der Waals surface area (Å²) in [6, 6.07) is 6.17. The van der Waals surface area contributed by atoms with Crippen LogP contribution in [0, 0.1) is 0 Å². The summed E-state index contributed by atoms with van der Waals surface area (Å²) in [6.07, 6.45) is -2.31. The highest BCUT2D eigenvalue weighted by Gasteiger charge is 2.45. The molecule has 1 N–H and O–H groups in total. The molecule has 1 amide bonds. The fourth-order valence-corrected chi connectivity index (χ4v) is 3.03. The number of rotatable bonds is 6. The average molecular weight is 379 g/mol. The lowest BCUT2D eigenvalue weighted by atomic mass is 10.0. The van der Waals surface area contributed by atoms with Gasteiger partial charge in [-0.05, 0) is 37.0 Å². The molecule has 0 aliphatic carbocycles. The third-order valence-corrected chi connectivity index (χ3v) is 4.18. The van der Waals surface area contributed by atoms with Crippen molar-refractivity contribution < 1.29 is 18.0 Å². The van der Waals surface area contributed by atoms with Crippen molar-refractivity contribution in [1.82, 2.24) is 10.4 Å². The largest absolute Gasteiger partial charge is 0.405 e. The quantitative estimate of drug-likeness (QED) is 0.762. The van der Waals surface area contributed by atoms with Crippen LogP contribution in [-0.4, -0.2) is 29.7 Å². The lowest BCUT2D eigenvalue weighted by Crippen LogP contribution is -2.49. The van der Waals surface area contributed by atoms with Crippen LogP contribution >= 0.6 is 15.9 Å². The molecule has 122 valence electrons. The maximum Gasteiger partial charge on any atom is 0.405 e. The van der Waals surface area contributed by atoms with Crippen molar-refractivity contribution in [2.45, 2.75) is 44.3 Å². The van der Waals surface area contributed by atoms with Crippen LogP contribution in [0.3, 0.4) is 0 Å². The van der Waals surface area contributed by atoms with E-state index in [0.29, 0.717) is 12.8 Å². The second-order valence-corrected chi connectivity index (χ2v) is 6.33. The first-order valence-corrected chi connectivity index (χ1v) is 8.03. The number of nitrogens with one attached hydrogen (secondary N) is 1. The Morgan fingerprint density at radius 2 is 2.09 bits per heavy atom. The van der Waals surface area contributed by atoms with Crippen LogP contribution in [0.15, 0.2) is 28.7 Å². The Morgan fingerprint density at radius 3 is 2.68 bits per heavy atom. The number of carbonyl (C=O) groups is 1. The maximum atomic E-state index is 13.1. The van der Waals surface area contributed by atoms with Crippen LogP contribution in [0.4, 0.5) is 13.2 Å². The van der Waals surface area contributed by atoms with E-state index in [2.05, 4.69) is 21.4 Å². The van der Waals surface area contributed by atoms with Gasteiger partial charge in [0.15, 0.2) is 0 Å². The van der Waals surface area contributed by atoms with Crippen molar-refractivity contribution in [2.75, 3.05) is 6.54 Å². The van der Waals surface area contributed by atoms with E-state index in [-0.39, 0.29) is 25.3 Å². The van der Waals surface area contributed by atoms with Crippen LogP contribution in [0.1, 0.15) is 31.2 Å². The van der Waals surface area contributed by atoms with Gasteiger partial charge in [0, 0.05) is 17.4 Å². The topological polar surface area (TPSA) is 32.3 Å². The predicted molar refractivity (Wildman–Crippen MR) is 81.0 cm³/mol. The number of aryl methyl sites for hydroxylation is 1. The highest BCUT2D eigenvalue weighted by molar-refractivity contribution is 9.10. The minimum absolute atomic E-state index is 0.00220. The van der Waals surface area contributed by atoms with E-state index in [1.54, 1.807) is 0 Å². The lowest BCUT2D eigenvalue weighted by molar-refractivity contribution is -0.190. The molecule has 1 aliphatic rings. The molecule has 1 heterocycles. The minimum Gasteiger partial charge on any atom is -0.288 e. The molecule has 1 atom stereocenters. The summed E-state index contributed by atoms with van der Waals surface area (Å²) in [5.41, 5.74) is 3.40. The molecule has 7 heteroatoms. The zero-order valence-electron chi connectivity index (χ0n) is 12.0. The number of hydrogen-bond donors (Lipinski definition) is 1. The molecule has 0 aromatic heterocycles. The Morgan fingerprint density at radius 1 is 1.32 bits per heavy atom. The van der Waals surface area contributed by atoms with Gasteiger partial charge in [-0.15, -0.1) is 0 Å². The molecule has 1 aliphatic heterocycles. The Labute approximate surface area is 136 Å². The zero-order chi connectivity index (χ0) is 16.2. The molecule has 0 unspecified atom stereocenters. The summed E-state index contributed by atoms with van der Waals surface area (Å²) >= 11 is 3.38. The van der Waals surface area contributed by atoms with Crippen LogP contribution in [-0.2, 0) is 11.2 Å².